The second kappa shape index (κ2) is 10.2. The summed E-state index contributed by atoms with van der Waals surface area (Å²) >= 11 is 0. The maximum absolute atomic E-state index is 8.78. The summed E-state index contributed by atoms with van der Waals surface area (Å²) in [5.41, 5.74) is 4.03. The van der Waals surface area contributed by atoms with Gasteiger partial charge >= 0.3 is 6.09 Å². The van der Waals surface area contributed by atoms with Gasteiger partial charge in [0.15, 0.2) is 0 Å². The Bertz CT molecular complexity index is 99.7. The number of nitrogens with zero attached hydrogens (tertiary/aromatic N) is 1. The van der Waals surface area contributed by atoms with Crippen molar-refractivity contribution < 1.29 is 20.1 Å². The number of aliphatic hydroxyl groups is 2. The topological polar surface area (TPSA) is 107 Å². The van der Waals surface area contributed by atoms with Gasteiger partial charge in [-0.05, 0) is 7.05 Å². The highest BCUT2D eigenvalue weighted by molar-refractivity contribution is 5.61. The summed E-state index contributed by atoms with van der Waals surface area (Å²) in [7, 11) is 1.85. The fraction of sp³-hybridized carbons (Fsp3) is 0.833. The molecular formula is C6H16N2O4. The first-order valence-corrected chi connectivity index (χ1v) is 3.43. The van der Waals surface area contributed by atoms with Gasteiger partial charge in [-0.25, -0.2) is 4.79 Å². The number of carbonyl (C=O) groups is 1. The van der Waals surface area contributed by atoms with Crippen molar-refractivity contribution in [2.24, 2.45) is 5.73 Å². The van der Waals surface area contributed by atoms with Crippen molar-refractivity contribution in [2.75, 3.05) is 33.4 Å². The van der Waals surface area contributed by atoms with Crippen molar-refractivity contribution in [3.05, 3.63) is 0 Å². The molecule has 5 N–H and O–H groups in total. The minimum atomic E-state index is -1.33. The second-order valence-corrected chi connectivity index (χ2v) is 2.09. The van der Waals surface area contributed by atoms with Crippen LogP contribution in [-0.4, -0.2) is 59.7 Å². The molecule has 1 amide bonds. The summed E-state index contributed by atoms with van der Waals surface area (Å²) < 4.78 is 0. The normalized spacial score (nSPS) is 9.00. The van der Waals surface area contributed by atoms with Crippen LogP contribution in [0.25, 0.3) is 0 Å². The molecule has 0 saturated carbocycles. The lowest BCUT2D eigenvalue weighted by Gasteiger charge is -2.11. The van der Waals surface area contributed by atoms with E-state index >= 15 is 0 Å². The SMILES string of the molecule is CN(CCO)CCO.NC(=O)O. The Morgan fingerprint density at radius 1 is 1.33 bits per heavy atom. The highest BCUT2D eigenvalue weighted by atomic mass is 16.4. The molecule has 74 valence electrons. The third kappa shape index (κ3) is 22.9. The van der Waals surface area contributed by atoms with E-state index in [1.807, 2.05) is 11.9 Å². The van der Waals surface area contributed by atoms with Crippen LogP contribution in [0.3, 0.4) is 0 Å². The molecule has 0 aliphatic heterocycles. The van der Waals surface area contributed by atoms with Crippen LogP contribution in [-0.2, 0) is 0 Å². The maximum atomic E-state index is 8.78. The first kappa shape index (κ1) is 13.7. The van der Waals surface area contributed by atoms with Crippen molar-refractivity contribution in [1.82, 2.24) is 4.90 Å². The molecule has 0 fully saturated rings. The van der Waals surface area contributed by atoms with Gasteiger partial charge in [0.05, 0.1) is 13.2 Å². The van der Waals surface area contributed by atoms with Gasteiger partial charge in [0.25, 0.3) is 0 Å². The van der Waals surface area contributed by atoms with E-state index < -0.39 is 6.09 Å². The van der Waals surface area contributed by atoms with Crippen molar-refractivity contribution >= 4 is 6.09 Å². The number of amides is 1. The molecule has 6 heteroatoms. The fourth-order valence-electron chi connectivity index (χ4n) is 0.453. The van der Waals surface area contributed by atoms with Gasteiger partial charge in [0.1, 0.15) is 0 Å². The van der Waals surface area contributed by atoms with E-state index in [-0.39, 0.29) is 13.2 Å². The standard InChI is InChI=1S/C5H13NO2.CH3NO2/c1-6(2-4-7)3-5-8;2-1(3)4/h7-8H,2-5H2,1H3;2H2,(H,3,4). The molecule has 0 rings (SSSR count). The quantitative estimate of drug-likeness (QED) is 0.422. The lowest BCUT2D eigenvalue weighted by atomic mass is 10.5. The molecule has 0 aromatic heterocycles. The van der Waals surface area contributed by atoms with Crippen LogP contribution in [0.1, 0.15) is 0 Å². The summed E-state index contributed by atoms with van der Waals surface area (Å²) in [6.07, 6.45) is -1.33. The molecule has 0 heterocycles. The first-order valence-electron chi connectivity index (χ1n) is 3.43. The number of hydrogen-bond donors (Lipinski definition) is 4. The van der Waals surface area contributed by atoms with Crippen LogP contribution in [0.2, 0.25) is 0 Å². The Balaban J connectivity index is 0. The summed E-state index contributed by atoms with van der Waals surface area (Å²) in [6.45, 7) is 1.61. The lowest BCUT2D eigenvalue weighted by molar-refractivity contribution is 0.184. The number of likely N-dealkylation sites (N-methyl/N-ethyl adjacent to an activating group) is 1. The predicted octanol–water partition coefficient (Wildman–Crippen LogP) is -1.47. The van der Waals surface area contributed by atoms with Gasteiger partial charge in [-0.15, -0.1) is 0 Å². The van der Waals surface area contributed by atoms with Crippen LogP contribution in [0.4, 0.5) is 4.79 Å². The van der Waals surface area contributed by atoms with Crippen molar-refractivity contribution in [1.29, 1.82) is 0 Å². The zero-order valence-electron chi connectivity index (χ0n) is 7.10. The molecule has 0 radical (unpaired) electrons. The van der Waals surface area contributed by atoms with Gasteiger partial charge in [-0.3, -0.25) is 0 Å². The third-order valence-corrected chi connectivity index (χ3v) is 0.963. The van der Waals surface area contributed by atoms with Crippen LogP contribution >= 0.6 is 0 Å². The van der Waals surface area contributed by atoms with Crippen LogP contribution in [0, 0.1) is 0 Å². The summed E-state index contributed by atoms with van der Waals surface area (Å²) in [6, 6.07) is 0. The van der Waals surface area contributed by atoms with Crippen molar-refractivity contribution in [2.45, 2.75) is 0 Å². The minimum Gasteiger partial charge on any atom is -0.465 e. The number of rotatable bonds is 4. The smallest absolute Gasteiger partial charge is 0.402 e. The average Bonchev–Trinajstić information content (AvgIpc) is 1.87. The molecule has 0 unspecified atom stereocenters. The molecular weight excluding hydrogens is 164 g/mol. The molecule has 0 aliphatic rings. The predicted molar refractivity (Wildman–Crippen MR) is 43.9 cm³/mol. The molecule has 0 aromatic rings. The van der Waals surface area contributed by atoms with E-state index in [4.69, 9.17) is 20.1 Å². The Morgan fingerprint density at radius 2 is 1.58 bits per heavy atom. The van der Waals surface area contributed by atoms with E-state index in [9.17, 15) is 0 Å². The Kier molecular flexibility index (Phi) is 11.6. The Morgan fingerprint density at radius 3 is 1.75 bits per heavy atom. The van der Waals surface area contributed by atoms with Gasteiger partial charge in [0.2, 0.25) is 0 Å². The number of primary amides is 1. The number of nitrogens with two attached hydrogens (primary N) is 1. The zero-order valence-corrected chi connectivity index (χ0v) is 7.10. The highest BCUT2D eigenvalue weighted by Gasteiger charge is 1.91. The van der Waals surface area contributed by atoms with Crippen LogP contribution < -0.4 is 5.73 Å². The summed E-state index contributed by atoms with van der Waals surface area (Å²) in [4.78, 5) is 10.6. The summed E-state index contributed by atoms with van der Waals surface area (Å²) in [5.74, 6) is 0. The first-order chi connectivity index (χ1) is 5.54. The largest absolute Gasteiger partial charge is 0.465 e. The van der Waals surface area contributed by atoms with Crippen LogP contribution in [0.15, 0.2) is 0 Å². The number of aliphatic hydroxyl groups excluding tert-OH is 2. The second-order valence-electron chi connectivity index (χ2n) is 2.09. The molecule has 0 atom stereocenters. The highest BCUT2D eigenvalue weighted by Crippen LogP contribution is 1.76. The van der Waals surface area contributed by atoms with E-state index in [2.05, 4.69) is 5.73 Å². The van der Waals surface area contributed by atoms with E-state index in [0.29, 0.717) is 13.1 Å². The minimum absolute atomic E-state index is 0.163. The maximum Gasteiger partial charge on any atom is 0.402 e. The van der Waals surface area contributed by atoms with E-state index in [1.165, 1.54) is 0 Å². The molecule has 0 saturated heterocycles. The molecule has 0 aromatic carbocycles. The van der Waals surface area contributed by atoms with Gasteiger partial charge < -0.3 is 26.0 Å². The molecule has 12 heavy (non-hydrogen) atoms. The fourth-order valence-corrected chi connectivity index (χ4v) is 0.453. The van der Waals surface area contributed by atoms with Crippen molar-refractivity contribution in [3.63, 3.8) is 0 Å². The third-order valence-electron chi connectivity index (χ3n) is 0.963. The molecule has 6 nitrogen and oxygen atoms in total. The van der Waals surface area contributed by atoms with Gasteiger partial charge in [-0.1, -0.05) is 0 Å². The van der Waals surface area contributed by atoms with Gasteiger partial charge in [-0.2, -0.15) is 0 Å². The van der Waals surface area contributed by atoms with Crippen LogP contribution in [0.5, 0.6) is 0 Å². The number of hydrogen-bond acceptors (Lipinski definition) is 4. The van der Waals surface area contributed by atoms with E-state index in [1.54, 1.807) is 0 Å². The lowest BCUT2D eigenvalue weighted by Crippen LogP contribution is -2.25. The zero-order chi connectivity index (χ0) is 9.98. The Labute approximate surface area is 71.2 Å². The van der Waals surface area contributed by atoms with Crippen molar-refractivity contribution in [3.8, 4) is 0 Å². The van der Waals surface area contributed by atoms with Gasteiger partial charge in [0, 0.05) is 13.1 Å². The molecule has 0 bridgehead atoms. The Hall–Kier alpha value is -0.850. The monoisotopic (exact) mass is 180 g/mol. The summed E-state index contributed by atoms with van der Waals surface area (Å²) in [5, 5.41) is 23.9. The number of carboxylic acid groups (broad SMARTS) is 1. The molecule has 0 spiro atoms. The average molecular weight is 180 g/mol. The molecule has 0 aliphatic carbocycles. The van der Waals surface area contributed by atoms with E-state index in [0.717, 1.165) is 0 Å².